The highest BCUT2D eigenvalue weighted by Crippen LogP contribution is 2.35. The van der Waals surface area contributed by atoms with Gasteiger partial charge < -0.3 is 24.4 Å². The van der Waals surface area contributed by atoms with Crippen molar-refractivity contribution >= 4 is 46.3 Å². The minimum Gasteiger partial charge on any atom is -0.490 e. The maximum Gasteiger partial charge on any atom is 0.294 e. The van der Waals surface area contributed by atoms with Gasteiger partial charge >= 0.3 is 0 Å². The Morgan fingerprint density at radius 1 is 1.00 bits per heavy atom. The number of thioether (sulfide) groups is 1. The summed E-state index contributed by atoms with van der Waals surface area (Å²) >= 11 is 0.806. The molecular weight excluding hydrogens is 554 g/mol. The zero-order chi connectivity index (χ0) is 29.5. The molecule has 218 valence electrons. The van der Waals surface area contributed by atoms with Gasteiger partial charge in [-0.2, -0.15) is 0 Å². The molecule has 0 atom stereocenters. The number of imide groups is 1. The topological polar surface area (TPSA) is 97.4 Å². The number of nitrogens with one attached hydrogen (secondary N) is 1. The van der Waals surface area contributed by atoms with E-state index in [1.54, 1.807) is 36.4 Å². The summed E-state index contributed by atoms with van der Waals surface area (Å²) < 4.78 is 17.2. The van der Waals surface area contributed by atoms with Crippen molar-refractivity contribution in [1.82, 2.24) is 4.90 Å². The molecule has 0 radical (unpaired) electrons. The van der Waals surface area contributed by atoms with E-state index >= 15 is 0 Å². The molecule has 0 aliphatic carbocycles. The fourth-order valence-electron chi connectivity index (χ4n) is 4.67. The second-order valence-corrected chi connectivity index (χ2v) is 10.9. The van der Waals surface area contributed by atoms with Gasteiger partial charge in [-0.25, -0.2) is 0 Å². The molecule has 0 unspecified atom stereocenters. The number of benzene rings is 3. The summed E-state index contributed by atoms with van der Waals surface area (Å²) in [7, 11) is 0. The van der Waals surface area contributed by atoms with E-state index in [1.807, 2.05) is 44.2 Å². The summed E-state index contributed by atoms with van der Waals surface area (Å²) in [4.78, 5) is 41.8. The molecule has 0 aromatic heterocycles. The second kappa shape index (κ2) is 13.6. The van der Waals surface area contributed by atoms with Crippen LogP contribution in [-0.4, -0.2) is 61.4 Å². The number of anilines is 2. The van der Waals surface area contributed by atoms with Gasteiger partial charge in [-0.05, 0) is 79.2 Å². The highest BCUT2D eigenvalue weighted by atomic mass is 32.2. The maximum absolute atomic E-state index is 13.1. The Hall–Kier alpha value is -4.28. The maximum atomic E-state index is 13.1. The molecule has 3 amide bonds. The summed E-state index contributed by atoms with van der Waals surface area (Å²) in [6, 6.07) is 20.9. The van der Waals surface area contributed by atoms with Crippen molar-refractivity contribution in [3.05, 3.63) is 88.3 Å². The van der Waals surface area contributed by atoms with Gasteiger partial charge in [0.1, 0.15) is 13.2 Å². The van der Waals surface area contributed by atoms with Crippen LogP contribution in [0.25, 0.3) is 6.08 Å². The van der Waals surface area contributed by atoms with Gasteiger partial charge in [-0.15, -0.1) is 0 Å². The number of carbonyl (C=O) groups is 3. The third-order valence-corrected chi connectivity index (χ3v) is 7.65. The summed E-state index contributed by atoms with van der Waals surface area (Å²) in [6.45, 7) is 7.37. The number of amides is 3. The van der Waals surface area contributed by atoms with Crippen LogP contribution in [0.3, 0.4) is 0 Å². The van der Waals surface area contributed by atoms with Crippen LogP contribution in [-0.2, 0) is 20.9 Å². The van der Waals surface area contributed by atoms with Crippen LogP contribution in [0.15, 0.2) is 71.6 Å². The normalized spacial score (nSPS) is 16.2. The van der Waals surface area contributed by atoms with Gasteiger partial charge in [0.05, 0.1) is 24.7 Å². The fraction of sp³-hybridized carbons (Fsp3) is 0.281. The largest absolute Gasteiger partial charge is 0.490 e. The summed E-state index contributed by atoms with van der Waals surface area (Å²) in [5.41, 5.74) is 4.51. The molecule has 5 rings (SSSR count). The second-order valence-electron chi connectivity index (χ2n) is 9.88. The van der Waals surface area contributed by atoms with E-state index in [9.17, 15) is 14.4 Å². The highest BCUT2D eigenvalue weighted by Gasteiger charge is 2.36. The Labute approximate surface area is 249 Å². The van der Waals surface area contributed by atoms with Crippen molar-refractivity contribution in [2.75, 3.05) is 49.7 Å². The first kappa shape index (κ1) is 29.2. The Kier molecular flexibility index (Phi) is 9.45. The van der Waals surface area contributed by atoms with E-state index < -0.39 is 17.1 Å². The molecule has 42 heavy (non-hydrogen) atoms. The first-order chi connectivity index (χ1) is 20.4. The molecule has 2 aliphatic rings. The predicted octanol–water partition coefficient (Wildman–Crippen LogP) is 5.48. The molecule has 2 aliphatic heterocycles. The van der Waals surface area contributed by atoms with E-state index in [0.29, 0.717) is 49.2 Å². The van der Waals surface area contributed by atoms with Crippen LogP contribution in [0.2, 0.25) is 0 Å². The number of morpholine rings is 1. The van der Waals surface area contributed by atoms with Crippen LogP contribution in [0.4, 0.5) is 16.2 Å². The third kappa shape index (κ3) is 7.32. The van der Waals surface area contributed by atoms with Crippen LogP contribution in [0.1, 0.15) is 23.6 Å². The smallest absolute Gasteiger partial charge is 0.294 e. The van der Waals surface area contributed by atoms with E-state index in [0.717, 1.165) is 46.6 Å². The lowest BCUT2D eigenvalue weighted by Crippen LogP contribution is -2.36. The molecule has 0 spiro atoms. The van der Waals surface area contributed by atoms with E-state index in [-0.39, 0.29) is 11.4 Å². The van der Waals surface area contributed by atoms with Crippen molar-refractivity contribution in [3.8, 4) is 11.5 Å². The van der Waals surface area contributed by atoms with E-state index in [2.05, 4.69) is 16.3 Å². The first-order valence-corrected chi connectivity index (χ1v) is 14.6. The Morgan fingerprint density at radius 3 is 2.52 bits per heavy atom. The highest BCUT2D eigenvalue weighted by molar-refractivity contribution is 8.18. The van der Waals surface area contributed by atoms with Crippen LogP contribution < -0.4 is 19.7 Å². The van der Waals surface area contributed by atoms with Gasteiger partial charge in [-0.1, -0.05) is 35.9 Å². The molecule has 2 heterocycles. The molecule has 2 saturated heterocycles. The first-order valence-electron chi connectivity index (χ1n) is 13.8. The standard InChI is InChI=1S/C32H33N3O6S/c1-3-40-28-18-23(7-12-27(28)41-21-24-6-4-5-22(2)17-24)19-29-31(37)35(32(38)42-29)20-30(36)33-25-8-10-26(11-9-25)34-13-15-39-16-14-34/h4-12,17-19H,3,13-16,20-21H2,1-2H3,(H,33,36)/b29-19-. The van der Waals surface area contributed by atoms with Gasteiger partial charge in [0.15, 0.2) is 11.5 Å². The summed E-state index contributed by atoms with van der Waals surface area (Å²) in [5, 5.41) is 2.28. The Balaban J connectivity index is 1.21. The summed E-state index contributed by atoms with van der Waals surface area (Å²) in [5.74, 6) is 0.155. The van der Waals surface area contributed by atoms with E-state index in [1.165, 1.54) is 0 Å². The van der Waals surface area contributed by atoms with Crippen molar-refractivity contribution in [1.29, 1.82) is 0 Å². The number of ether oxygens (including phenoxy) is 3. The van der Waals surface area contributed by atoms with Gasteiger partial charge in [-0.3, -0.25) is 19.3 Å². The van der Waals surface area contributed by atoms with Gasteiger partial charge in [0.2, 0.25) is 5.91 Å². The SMILES string of the molecule is CCOc1cc(/C=C2\SC(=O)N(CC(=O)Nc3ccc(N4CCOCC4)cc3)C2=O)ccc1OCc1cccc(C)c1. The number of nitrogens with zero attached hydrogens (tertiary/aromatic N) is 2. The lowest BCUT2D eigenvalue weighted by molar-refractivity contribution is -0.127. The monoisotopic (exact) mass is 587 g/mol. The number of aryl methyl sites for hydroxylation is 1. The number of carbonyl (C=O) groups excluding carboxylic acids is 3. The van der Waals surface area contributed by atoms with Crippen molar-refractivity contribution in [2.45, 2.75) is 20.5 Å². The summed E-state index contributed by atoms with van der Waals surface area (Å²) in [6.07, 6.45) is 1.63. The van der Waals surface area contributed by atoms with Crippen molar-refractivity contribution in [2.24, 2.45) is 0 Å². The molecule has 1 N–H and O–H groups in total. The third-order valence-electron chi connectivity index (χ3n) is 6.74. The Morgan fingerprint density at radius 2 is 1.79 bits per heavy atom. The van der Waals surface area contributed by atoms with Crippen LogP contribution >= 0.6 is 11.8 Å². The number of rotatable bonds is 10. The van der Waals surface area contributed by atoms with Gasteiger partial charge in [0, 0.05) is 24.5 Å². The average molecular weight is 588 g/mol. The minimum atomic E-state index is -0.513. The molecule has 2 fully saturated rings. The van der Waals surface area contributed by atoms with Crippen LogP contribution in [0, 0.1) is 6.92 Å². The number of hydrogen-bond acceptors (Lipinski definition) is 8. The average Bonchev–Trinajstić information content (AvgIpc) is 3.25. The molecule has 3 aromatic rings. The molecule has 10 heteroatoms. The fourth-order valence-corrected chi connectivity index (χ4v) is 5.51. The molecule has 9 nitrogen and oxygen atoms in total. The minimum absolute atomic E-state index is 0.235. The number of hydrogen-bond donors (Lipinski definition) is 1. The van der Waals surface area contributed by atoms with Crippen molar-refractivity contribution in [3.63, 3.8) is 0 Å². The van der Waals surface area contributed by atoms with Crippen LogP contribution in [0.5, 0.6) is 11.5 Å². The molecule has 3 aromatic carbocycles. The predicted molar refractivity (Wildman–Crippen MR) is 164 cm³/mol. The van der Waals surface area contributed by atoms with E-state index in [4.69, 9.17) is 14.2 Å². The lowest BCUT2D eigenvalue weighted by atomic mass is 10.1. The van der Waals surface area contributed by atoms with Crippen molar-refractivity contribution < 1.29 is 28.6 Å². The lowest BCUT2D eigenvalue weighted by Gasteiger charge is -2.28. The Bertz CT molecular complexity index is 1480. The molecule has 0 bridgehead atoms. The van der Waals surface area contributed by atoms with Gasteiger partial charge in [0.25, 0.3) is 11.1 Å². The molecule has 0 saturated carbocycles. The zero-order valence-electron chi connectivity index (χ0n) is 23.6. The quantitative estimate of drug-likeness (QED) is 0.312. The molecular formula is C32H33N3O6S. The zero-order valence-corrected chi connectivity index (χ0v) is 24.4.